The molecule has 0 aromatic carbocycles. The van der Waals surface area contributed by atoms with Crippen molar-refractivity contribution in [2.24, 2.45) is 0 Å². The van der Waals surface area contributed by atoms with E-state index in [-0.39, 0.29) is 5.69 Å². The average molecular weight is 170 g/mol. The molecule has 0 aliphatic carbocycles. The van der Waals surface area contributed by atoms with Crippen molar-refractivity contribution in [2.45, 2.75) is 19.8 Å². The predicted molar refractivity (Wildman–Crippen MR) is 46.3 cm³/mol. The van der Waals surface area contributed by atoms with Crippen LogP contribution in [0.4, 0.5) is 0 Å². The van der Waals surface area contributed by atoms with Crippen molar-refractivity contribution in [1.82, 2.24) is 9.97 Å². The van der Waals surface area contributed by atoms with Crippen LogP contribution in [-0.4, -0.2) is 9.97 Å². The summed E-state index contributed by atoms with van der Waals surface area (Å²) in [4.78, 5) is 15.8. The third-order valence-electron chi connectivity index (χ3n) is 1.47. The number of aromatic nitrogens is 2. The minimum atomic E-state index is -0.251. The lowest BCUT2D eigenvalue weighted by atomic mass is 10.1. The maximum Gasteiger partial charge on any atom is 0.323 e. The second kappa shape index (κ2) is 3.00. The van der Waals surface area contributed by atoms with E-state index in [0.717, 1.165) is 5.56 Å². The maximum atomic E-state index is 10.7. The fourth-order valence-electron chi connectivity index (χ4n) is 0.849. The Kier molecular flexibility index (Phi) is 2.24. The summed E-state index contributed by atoms with van der Waals surface area (Å²) in [5.74, 6) is 0.343. The van der Waals surface area contributed by atoms with Gasteiger partial charge in [-0.15, -0.1) is 0 Å². The first-order valence-corrected chi connectivity index (χ1v) is 3.84. The topological polar surface area (TPSA) is 48.6 Å². The van der Waals surface area contributed by atoms with Crippen LogP contribution < -0.4 is 5.69 Å². The first-order valence-electron chi connectivity index (χ1n) is 3.43. The van der Waals surface area contributed by atoms with Crippen LogP contribution in [0.5, 0.6) is 0 Å². The Labute approximate surface area is 69.5 Å². The molecule has 0 saturated carbocycles. The molecule has 2 N–H and O–H groups in total. The molecule has 0 bridgehead atoms. The van der Waals surface area contributed by atoms with Crippen molar-refractivity contribution < 1.29 is 0 Å². The number of H-pyrrole nitrogens is 2. The fraction of sp³-hybridized carbons (Fsp3) is 0.429. The molecule has 0 spiro atoms. The number of rotatable bonds is 1. The van der Waals surface area contributed by atoms with E-state index in [4.69, 9.17) is 12.2 Å². The van der Waals surface area contributed by atoms with Gasteiger partial charge >= 0.3 is 5.69 Å². The van der Waals surface area contributed by atoms with Gasteiger partial charge in [0.05, 0.1) is 0 Å². The van der Waals surface area contributed by atoms with Crippen molar-refractivity contribution in [3.05, 3.63) is 26.9 Å². The fourth-order valence-corrected chi connectivity index (χ4v) is 1.24. The van der Waals surface area contributed by atoms with Gasteiger partial charge in [0.2, 0.25) is 0 Å². The second-order valence-corrected chi connectivity index (χ2v) is 3.09. The lowest BCUT2D eigenvalue weighted by molar-refractivity contribution is 0.832. The highest BCUT2D eigenvalue weighted by atomic mass is 32.1. The van der Waals surface area contributed by atoms with Crippen LogP contribution in [0.2, 0.25) is 0 Å². The van der Waals surface area contributed by atoms with E-state index in [1.54, 1.807) is 6.20 Å². The van der Waals surface area contributed by atoms with Crippen LogP contribution in [-0.2, 0) is 0 Å². The zero-order valence-corrected chi connectivity index (χ0v) is 7.29. The lowest BCUT2D eigenvalue weighted by Gasteiger charge is -2.02. The summed E-state index contributed by atoms with van der Waals surface area (Å²) >= 11 is 4.94. The molecule has 3 nitrogen and oxygen atoms in total. The van der Waals surface area contributed by atoms with Crippen molar-refractivity contribution in [1.29, 1.82) is 0 Å². The minimum absolute atomic E-state index is 0.251. The van der Waals surface area contributed by atoms with Gasteiger partial charge in [-0.1, -0.05) is 26.1 Å². The molecule has 1 aromatic rings. The van der Waals surface area contributed by atoms with Gasteiger partial charge < -0.3 is 4.98 Å². The van der Waals surface area contributed by atoms with Crippen molar-refractivity contribution >= 4 is 12.2 Å². The predicted octanol–water partition coefficient (Wildman–Crippen LogP) is 1.56. The smallest absolute Gasteiger partial charge is 0.314 e. The SMILES string of the molecule is CC(C)c1c[nH]c(=O)[nH]c1=S. The van der Waals surface area contributed by atoms with Gasteiger partial charge in [0, 0.05) is 11.8 Å². The summed E-state index contributed by atoms with van der Waals surface area (Å²) in [6.45, 7) is 4.05. The molecule has 11 heavy (non-hydrogen) atoms. The Bertz CT molecular complexity index is 350. The van der Waals surface area contributed by atoms with E-state index in [2.05, 4.69) is 9.97 Å². The Morgan fingerprint density at radius 1 is 1.55 bits per heavy atom. The first kappa shape index (κ1) is 8.20. The number of nitrogens with one attached hydrogen (secondary N) is 2. The number of aromatic amines is 2. The Hall–Kier alpha value is -0.900. The molecule has 0 aliphatic heterocycles. The van der Waals surface area contributed by atoms with Crippen LogP contribution in [0, 0.1) is 4.64 Å². The van der Waals surface area contributed by atoms with Crippen molar-refractivity contribution in [3.63, 3.8) is 0 Å². The average Bonchev–Trinajstić information content (AvgIpc) is 1.85. The molecule has 0 aliphatic rings. The highest BCUT2D eigenvalue weighted by molar-refractivity contribution is 7.71. The van der Waals surface area contributed by atoms with E-state index >= 15 is 0 Å². The second-order valence-electron chi connectivity index (χ2n) is 2.68. The Morgan fingerprint density at radius 3 is 2.64 bits per heavy atom. The zero-order chi connectivity index (χ0) is 8.43. The lowest BCUT2D eigenvalue weighted by Crippen LogP contribution is -2.11. The molecular weight excluding hydrogens is 160 g/mol. The molecule has 0 fully saturated rings. The monoisotopic (exact) mass is 170 g/mol. The molecule has 0 unspecified atom stereocenters. The molecule has 60 valence electrons. The highest BCUT2D eigenvalue weighted by Crippen LogP contribution is 2.10. The quantitative estimate of drug-likeness (QED) is 0.628. The minimum Gasteiger partial charge on any atom is -0.314 e. The Morgan fingerprint density at radius 2 is 2.18 bits per heavy atom. The zero-order valence-electron chi connectivity index (χ0n) is 6.47. The third kappa shape index (κ3) is 1.77. The molecule has 1 aromatic heterocycles. The number of hydrogen-bond donors (Lipinski definition) is 2. The molecule has 0 amide bonds. The van der Waals surface area contributed by atoms with E-state index in [9.17, 15) is 4.79 Å². The summed E-state index contributed by atoms with van der Waals surface area (Å²) in [7, 11) is 0. The first-order chi connectivity index (χ1) is 5.11. The summed E-state index contributed by atoms with van der Waals surface area (Å²) in [6, 6.07) is 0. The van der Waals surface area contributed by atoms with E-state index in [1.807, 2.05) is 13.8 Å². The highest BCUT2D eigenvalue weighted by Gasteiger charge is 2.00. The van der Waals surface area contributed by atoms with Crippen molar-refractivity contribution in [3.8, 4) is 0 Å². The largest absolute Gasteiger partial charge is 0.323 e. The molecule has 0 radical (unpaired) electrons. The van der Waals surface area contributed by atoms with E-state index in [0.29, 0.717) is 10.6 Å². The number of hydrogen-bond acceptors (Lipinski definition) is 2. The van der Waals surface area contributed by atoms with Crippen LogP contribution in [0.1, 0.15) is 25.3 Å². The van der Waals surface area contributed by atoms with Crippen LogP contribution in [0.15, 0.2) is 11.0 Å². The Balaban J connectivity index is 3.32. The van der Waals surface area contributed by atoms with Gasteiger partial charge in [-0.05, 0) is 5.92 Å². The molecular formula is C7H10N2OS. The van der Waals surface area contributed by atoms with Gasteiger partial charge in [-0.25, -0.2) is 4.79 Å². The standard InChI is InChI=1S/C7H10N2OS/c1-4(2)5-3-8-7(10)9-6(5)11/h3-4H,1-2H3,(H2,8,9,10,11). The molecule has 1 rings (SSSR count). The summed E-state index contributed by atoms with van der Waals surface area (Å²) in [5.41, 5.74) is 0.721. The summed E-state index contributed by atoms with van der Waals surface area (Å²) < 4.78 is 0.531. The summed E-state index contributed by atoms with van der Waals surface area (Å²) in [6.07, 6.45) is 1.66. The summed E-state index contributed by atoms with van der Waals surface area (Å²) in [5, 5.41) is 0. The van der Waals surface area contributed by atoms with Gasteiger partial charge in [-0.2, -0.15) is 0 Å². The van der Waals surface area contributed by atoms with E-state index in [1.165, 1.54) is 0 Å². The van der Waals surface area contributed by atoms with Gasteiger partial charge in [0.15, 0.2) is 0 Å². The van der Waals surface area contributed by atoms with Gasteiger partial charge in [-0.3, -0.25) is 4.98 Å². The normalized spacial score (nSPS) is 10.5. The van der Waals surface area contributed by atoms with Crippen molar-refractivity contribution in [2.75, 3.05) is 0 Å². The maximum absolute atomic E-state index is 10.7. The van der Waals surface area contributed by atoms with Crippen LogP contribution in [0.25, 0.3) is 0 Å². The molecule has 1 heterocycles. The third-order valence-corrected chi connectivity index (χ3v) is 1.81. The molecule has 0 saturated heterocycles. The van der Waals surface area contributed by atoms with Gasteiger partial charge in [0.25, 0.3) is 0 Å². The van der Waals surface area contributed by atoms with E-state index < -0.39 is 0 Å². The van der Waals surface area contributed by atoms with Gasteiger partial charge in [0.1, 0.15) is 4.64 Å². The van der Waals surface area contributed by atoms with Crippen LogP contribution in [0.3, 0.4) is 0 Å². The molecule has 4 heteroatoms. The van der Waals surface area contributed by atoms with Crippen LogP contribution >= 0.6 is 12.2 Å². The molecule has 0 atom stereocenters.